The van der Waals surface area contributed by atoms with Crippen LogP contribution < -0.4 is 10.6 Å². The number of hydrogen-bond donors (Lipinski definition) is 2. The van der Waals surface area contributed by atoms with E-state index in [0.29, 0.717) is 6.54 Å². The monoisotopic (exact) mass is 296 g/mol. The molecule has 1 heterocycles. The van der Waals surface area contributed by atoms with Gasteiger partial charge in [0.05, 0.1) is 6.04 Å². The molecule has 1 aliphatic rings. The highest BCUT2D eigenvalue weighted by molar-refractivity contribution is 9.10. The van der Waals surface area contributed by atoms with Crippen molar-refractivity contribution in [1.29, 1.82) is 0 Å². The summed E-state index contributed by atoms with van der Waals surface area (Å²) in [5.74, 6) is 0.118. The van der Waals surface area contributed by atoms with Crippen LogP contribution in [-0.4, -0.2) is 18.5 Å². The maximum absolute atomic E-state index is 11.9. The lowest BCUT2D eigenvalue weighted by atomic mass is 10.0. The summed E-state index contributed by atoms with van der Waals surface area (Å²) in [7, 11) is 0. The van der Waals surface area contributed by atoms with Crippen molar-refractivity contribution in [1.82, 2.24) is 10.6 Å². The number of carbonyl (C=O) groups excluding carboxylic acids is 1. The zero-order valence-electron chi connectivity index (χ0n) is 9.71. The lowest BCUT2D eigenvalue weighted by Crippen LogP contribution is -2.46. The Morgan fingerprint density at radius 3 is 2.76 bits per heavy atom. The normalized spacial score (nSPS) is 19.9. The van der Waals surface area contributed by atoms with Gasteiger partial charge in [0.15, 0.2) is 0 Å². The Kier molecular flexibility index (Phi) is 4.57. The fourth-order valence-corrected chi connectivity index (χ4v) is 2.25. The maximum atomic E-state index is 11.9. The van der Waals surface area contributed by atoms with Crippen LogP contribution in [0.3, 0.4) is 0 Å². The van der Waals surface area contributed by atoms with Gasteiger partial charge in [0, 0.05) is 11.0 Å². The summed E-state index contributed by atoms with van der Waals surface area (Å²) in [5.41, 5.74) is 1.12. The predicted octanol–water partition coefficient (Wildman–Crippen LogP) is 2.21. The first kappa shape index (κ1) is 12.6. The molecule has 0 radical (unpaired) electrons. The van der Waals surface area contributed by atoms with Gasteiger partial charge in [-0.25, -0.2) is 0 Å². The number of carbonyl (C=O) groups is 1. The first-order valence-corrected chi connectivity index (χ1v) is 6.80. The molecule has 0 spiro atoms. The van der Waals surface area contributed by atoms with Crippen molar-refractivity contribution in [3.63, 3.8) is 0 Å². The molecule has 17 heavy (non-hydrogen) atoms. The molecule has 1 saturated heterocycles. The average Bonchev–Trinajstić information content (AvgIpc) is 2.39. The summed E-state index contributed by atoms with van der Waals surface area (Å²) < 4.78 is 1.06. The van der Waals surface area contributed by atoms with Crippen LogP contribution in [0, 0.1) is 0 Å². The molecular weight excluding hydrogens is 280 g/mol. The van der Waals surface area contributed by atoms with E-state index in [1.54, 1.807) is 0 Å². The van der Waals surface area contributed by atoms with E-state index in [1.165, 1.54) is 6.42 Å². The van der Waals surface area contributed by atoms with Crippen molar-refractivity contribution in [2.75, 3.05) is 6.54 Å². The molecule has 0 unspecified atom stereocenters. The minimum atomic E-state index is -0.000742. The van der Waals surface area contributed by atoms with E-state index in [-0.39, 0.29) is 11.9 Å². The van der Waals surface area contributed by atoms with E-state index in [0.717, 1.165) is 29.4 Å². The van der Waals surface area contributed by atoms with Crippen molar-refractivity contribution in [3.8, 4) is 0 Å². The van der Waals surface area contributed by atoms with Crippen LogP contribution in [0.4, 0.5) is 0 Å². The zero-order valence-corrected chi connectivity index (χ0v) is 11.3. The molecule has 2 rings (SSSR count). The van der Waals surface area contributed by atoms with E-state index in [4.69, 9.17) is 0 Å². The number of nitrogens with one attached hydrogen (secondary N) is 2. The molecule has 1 aromatic rings. The Morgan fingerprint density at radius 1 is 1.35 bits per heavy atom. The third-order valence-corrected chi connectivity index (χ3v) is 3.54. The molecule has 1 fully saturated rings. The first-order valence-electron chi connectivity index (χ1n) is 6.01. The van der Waals surface area contributed by atoms with E-state index in [9.17, 15) is 4.79 Å². The van der Waals surface area contributed by atoms with Gasteiger partial charge in [-0.1, -0.05) is 34.5 Å². The Labute approximate surface area is 110 Å². The highest BCUT2D eigenvalue weighted by Crippen LogP contribution is 2.11. The number of hydrogen-bond acceptors (Lipinski definition) is 2. The van der Waals surface area contributed by atoms with Crippen molar-refractivity contribution in [2.24, 2.45) is 0 Å². The van der Waals surface area contributed by atoms with Crippen LogP contribution >= 0.6 is 15.9 Å². The van der Waals surface area contributed by atoms with E-state index in [2.05, 4.69) is 26.6 Å². The molecule has 0 aliphatic carbocycles. The van der Waals surface area contributed by atoms with Crippen LogP contribution in [0.1, 0.15) is 24.8 Å². The highest BCUT2D eigenvalue weighted by Gasteiger charge is 2.19. The predicted molar refractivity (Wildman–Crippen MR) is 71.6 cm³/mol. The summed E-state index contributed by atoms with van der Waals surface area (Å²) in [6, 6.07) is 8.00. The molecule has 2 N–H and O–H groups in total. The molecule has 3 nitrogen and oxygen atoms in total. The van der Waals surface area contributed by atoms with Gasteiger partial charge in [-0.3, -0.25) is 4.79 Å². The van der Waals surface area contributed by atoms with Crippen molar-refractivity contribution >= 4 is 21.8 Å². The topological polar surface area (TPSA) is 41.1 Å². The standard InChI is InChI=1S/C13H17BrN2O/c14-11-6-4-10(5-7-11)9-16-13(17)12-3-1-2-8-15-12/h4-7,12,15H,1-3,8-9H2,(H,16,17)/t12-/m1/s1. The summed E-state index contributed by atoms with van der Waals surface area (Å²) >= 11 is 3.39. The van der Waals surface area contributed by atoms with Gasteiger partial charge in [-0.2, -0.15) is 0 Å². The van der Waals surface area contributed by atoms with Gasteiger partial charge in [0.2, 0.25) is 5.91 Å². The Hall–Kier alpha value is -0.870. The molecular formula is C13H17BrN2O. The summed E-state index contributed by atoms with van der Waals surface area (Å²) in [4.78, 5) is 11.9. The van der Waals surface area contributed by atoms with Gasteiger partial charge in [-0.05, 0) is 37.1 Å². The second-order valence-electron chi connectivity index (χ2n) is 4.35. The third kappa shape index (κ3) is 3.82. The summed E-state index contributed by atoms with van der Waals surface area (Å²) in [6.45, 7) is 1.56. The fourth-order valence-electron chi connectivity index (χ4n) is 1.99. The lowest BCUT2D eigenvalue weighted by Gasteiger charge is -2.22. The van der Waals surface area contributed by atoms with E-state index in [1.807, 2.05) is 24.3 Å². The quantitative estimate of drug-likeness (QED) is 0.898. The molecule has 0 bridgehead atoms. The van der Waals surface area contributed by atoms with Gasteiger partial charge >= 0.3 is 0 Å². The summed E-state index contributed by atoms with van der Waals surface area (Å²) in [5, 5.41) is 6.22. The summed E-state index contributed by atoms with van der Waals surface area (Å²) in [6.07, 6.45) is 3.27. The van der Waals surface area contributed by atoms with Crippen LogP contribution in [0.25, 0.3) is 0 Å². The molecule has 4 heteroatoms. The van der Waals surface area contributed by atoms with Crippen molar-refractivity contribution < 1.29 is 4.79 Å². The number of benzene rings is 1. The molecule has 1 aromatic carbocycles. The maximum Gasteiger partial charge on any atom is 0.237 e. The number of rotatable bonds is 3. The SMILES string of the molecule is O=C(NCc1ccc(Br)cc1)[C@H]1CCCCN1. The number of piperidine rings is 1. The van der Waals surface area contributed by atoms with Gasteiger partial charge in [0.25, 0.3) is 0 Å². The van der Waals surface area contributed by atoms with Crippen molar-refractivity contribution in [2.45, 2.75) is 31.8 Å². The average molecular weight is 297 g/mol. The molecule has 0 saturated carbocycles. The minimum absolute atomic E-state index is 0.000742. The van der Waals surface area contributed by atoms with Crippen molar-refractivity contribution in [3.05, 3.63) is 34.3 Å². The van der Waals surface area contributed by atoms with Crippen LogP contribution in [0.2, 0.25) is 0 Å². The largest absolute Gasteiger partial charge is 0.351 e. The van der Waals surface area contributed by atoms with Gasteiger partial charge in [-0.15, -0.1) is 0 Å². The zero-order chi connectivity index (χ0) is 12.1. The highest BCUT2D eigenvalue weighted by atomic mass is 79.9. The van der Waals surface area contributed by atoms with Crippen LogP contribution in [0.5, 0.6) is 0 Å². The third-order valence-electron chi connectivity index (χ3n) is 3.01. The van der Waals surface area contributed by atoms with Gasteiger partial charge in [0.1, 0.15) is 0 Å². The van der Waals surface area contributed by atoms with Crippen LogP contribution in [-0.2, 0) is 11.3 Å². The number of halogens is 1. The molecule has 1 atom stereocenters. The molecule has 0 aromatic heterocycles. The fraction of sp³-hybridized carbons (Fsp3) is 0.462. The van der Waals surface area contributed by atoms with Gasteiger partial charge < -0.3 is 10.6 Å². The number of amides is 1. The lowest BCUT2D eigenvalue weighted by molar-refractivity contribution is -0.123. The first-order chi connectivity index (χ1) is 8.25. The van der Waals surface area contributed by atoms with E-state index < -0.39 is 0 Å². The minimum Gasteiger partial charge on any atom is -0.351 e. The second-order valence-corrected chi connectivity index (χ2v) is 5.26. The second kappa shape index (κ2) is 6.17. The molecule has 1 aliphatic heterocycles. The molecule has 1 amide bonds. The Morgan fingerprint density at radius 2 is 2.12 bits per heavy atom. The van der Waals surface area contributed by atoms with Crippen LogP contribution in [0.15, 0.2) is 28.7 Å². The molecule has 92 valence electrons. The Balaban J connectivity index is 1.81. The smallest absolute Gasteiger partial charge is 0.237 e. The Bertz CT molecular complexity index is 372. The van der Waals surface area contributed by atoms with E-state index >= 15 is 0 Å².